The van der Waals surface area contributed by atoms with Crippen molar-refractivity contribution < 1.29 is 24.2 Å². The number of phenolic OH excluding ortho intramolecular Hbond substituents is 1. The van der Waals surface area contributed by atoms with Gasteiger partial charge >= 0.3 is 6.09 Å². The Hall–Kier alpha value is -3.55. The van der Waals surface area contributed by atoms with Crippen LogP contribution in [0.3, 0.4) is 0 Å². The van der Waals surface area contributed by atoms with Crippen molar-refractivity contribution in [2.24, 2.45) is 5.92 Å². The molecule has 0 aliphatic heterocycles. The molecule has 0 saturated carbocycles. The lowest BCUT2D eigenvalue weighted by Crippen LogP contribution is -2.54. The van der Waals surface area contributed by atoms with Crippen LogP contribution >= 0.6 is 0 Å². The summed E-state index contributed by atoms with van der Waals surface area (Å²) in [7, 11) is 0. The molecule has 2 aromatic carbocycles. The zero-order valence-corrected chi connectivity index (χ0v) is 23.2. The number of nitrogens with one attached hydrogen (secondary N) is 2. The van der Waals surface area contributed by atoms with Crippen LogP contribution < -0.4 is 10.6 Å². The minimum Gasteiger partial charge on any atom is -0.508 e. The van der Waals surface area contributed by atoms with Gasteiger partial charge in [-0.25, -0.2) is 4.79 Å². The summed E-state index contributed by atoms with van der Waals surface area (Å²) in [5, 5.41) is 15.8. The maximum atomic E-state index is 14.1. The van der Waals surface area contributed by atoms with Crippen molar-refractivity contribution in [3.05, 3.63) is 59.7 Å². The van der Waals surface area contributed by atoms with Gasteiger partial charge in [-0.15, -0.1) is 0 Å². The molecule has 202 valence electrons. The van der Waals surface area contributed by atoms with Crippen molar-refractivity contribution in [2.75, 3.05) is 5.32 Å². The molecule has 8 heteroatoms. The van der Waals surface area contributed by atoms with Crippen LogP contribution in [-0.4, -0.2) is 45.6 Å². The van der Waals surface area contributed by atoms with Crippen LogP contribution in [-0.2, 0) is 14.3 Å². The van der Waals surface area contributed by atoms with Gasteiger partial charge in [0.05, 0.1) is 0 Å². The third-order valence-corrected chi connectivity index (χ3v) is 5.62. The maximum absolute atomic E-state index is 14.1. The first kappa shape index (κ1) is 29.7. The number of amides is 3. The first-order chi connectivity index (χ1) is 17.2. The lowest BCUT2D eigenvalue weighted by atomic mass is 9.97. The molecule has 8 nitrogen and oxygen atoms in total. The molecule has 2 unspecified atom stereocenters. The van der Waals surface area contributed by atoms with Crippen molar-refractivity contribution in [3.63, 3.8) is 0 Å². The molecule has 0 radical (unpaired) electrons. The van der Waals surface area contributed by atoms with Crippen molar-refractivity contribution in [1.82, 2.24) is 10.2 Å². The minimum atomic E-state index is -1.06. The Kier molecular flexibility index (Phi) is 10.1. The molecule has 0 aliphatic carbocycles. The highest BCUT2D eigenvalue weighted by molar-refractivity contribution is 5.99. The van der Waals surface area contributed by atoms with Crippen molar-refractivity contribution in [2.45, 2.75) is 85.5 Å². The molecule has 0 aromatic heterocycles. The van der Waals surface area contributed by atoms with Crippen LogP contribution in [0.4, 0.5) is 10.5 Å². The number of alkyl carbamates (subject to hydrolysis) is 1. The SMILES string of the molecule is Cc1ccccc1NC(=O)C(c1cccc(O)c1)N(C(=O)C(CC(C)C)NC(=O)OC(C)(C)C)C(C)C. The molecule has 0 heterocycles. The van der Waals surface area contributed by atoms with Crippen LogP contribution in [0.2, 0.25) is 0 Å². The fourth-order valence-corrected chi connectivity index (χ4v) is 4.05. The molecule has 0 aliphatic rings. The van der Waals surface area contributed by atoms with Crippen molar-refractivity contribution in [3.8, 4) is 5.75 Å². The van der Waals surface area contributed by atoms with Crippen LogP contribution in [0, 0.1) is 12.8 Å². The molecule has 0 fully saturated rings. The molecule has 2 atom stereocenters. The van der Waals surface area contributed by atoms with Gasteiger partial charge in [0.15, 0.2) is 0 Å². The number of benzene rings is 2. The molecule has 3 amide bonds. The van der Waals surface area contributed by atoms with Gasteiger partial charge in [-0.1, -0.05) is 44.2 Å². The van der Waals surface area contributed by atoms with Gasteiger partial charge in [0.2, 0.25) is 5.91 Å². The Bertz CT molecular complexity index is 1090. The number of anilines is 1. The Morgan fingerprint density at radius 2 is 1.65 bits per heavy atom. The average molecular weight is 512 g/mol. The highest BCUT2D eigenvalue weighted by Gasteiger charge is 2.38. The number of hydrogen-bond donors (Lipinski definition) is 3. The second-order valence-electron chi connectivity index (χ2n) is 11.0. The molecule has 0 spiro atoms. The fourth-order valence-electron chi connectivity index (χ4n) is 4.05. The van der Waals surface area contributed by atoms with E-state index in [1.54, 1.807) is 39.0 Å². The van der Waals surface area contributed by atoms with E-state index >= 15 is 0 Å². The second kappa shape index (κ2) is 12.6. The van der Waals surface area contributed by atoms with Crippen LogP contribution in [0.15, 0.2) is 48.5 Å². The van der Waals surface area contributed by atoms with E-state index < -0.39 is 41.6 Å². The number of carbonyl (C=O) groups is 3. The van der Waals surface area contributed by atoms with Gasteiger partial charge < -0.3 is 25.4 Å². The lowest BCUT2D eigenvalue weighted by Gasteiger charge is -2.37. The summed E-state index contributed by atoms with van der Waals surface area (Å²) in [5.41, 5.74) is 1.22. The van der Waals surface area contributed by atoms with E-state index in [1.165, 1.54) is 17.0 Å². The van der Waals surface area contributed by atoms with E-state index in [0.29, 0.717) is 17.7 Å². The number of para-hydroxylation sites is 1. The molecule has 37 heavy (non-hydrogen) atoms. The van der Waals surface area contributed by atoms with E-state index in [0.717, 1.165) is 5.56 Å². The fraction of sp³-hybridized carbons (Fsp3) is 0.483. The lowest BCUT2D eigenvalue weighted by molar-refractivity contribution is -0.143. The van der Waals surface area contributed by atoms with Crippen molar-refractivity contribution >= 4 is 23.6 Å². The minimum absolute atomic E-state index is 0.0204. The van der Waals surface area contributed by atoms with Gasteiger partial charge in [-0.05, 0) is 83.2 Å². The van der Waals surface area contributed by atoms with Crippen LogP contribution in [0.1, 0.15) is 72.1 Å². The number of rotatable bonds is 9. The predicted molar refractivity (Wildman–Crippen MR) is 145 cm³/mol. The Balaban J connectivity index is 2.52. The number of carbonyl (C=O) groups excluding carboxylic acids is 3. The summed E-state index contributed by atoms with van der Waals surface area (Å²) in [5.74, 6) is -0.781. The third-order valence-electron chi connectivity index (χ3n) is 5.62. The summed E-state index contributed by atoms with van der Waals surface area (Å²) < 4.78 is 5.41. The van der Waals surface area contributed by atoms with E-state index in [4.69, 9.17) is 4.74 Å². The van der Waals surface area contributed by atoms with Crippen LogP contribution in [0.25, 0.3) is 0 Å². The summed E-state index contributed by atoms with van der Waals surface area (Å²) in [6.07, 6.45) is -0.346. The molecular weight excluding hydrogens is 470 g/mol. The molecular formula is C29H41N3O5. The normalized spacial score (nSPS) is 13.1. The van der Waals surface area contributed by atoms with Gasteiger partial charge in [-0.2, -0.15) is 0 Å². The molecule has 0 bridgehead atoms. The standard InChI is InChI=1S/C29H41N3O5/c1-18(2)16-24(31-28(36)37-29(6,7)8)27(35)32(19(3)4)25(21-13-11-14-22(33)17-21)26(34)30-23-15-10-9-12-20(23)5/h9-15,17-19,24-25,33H,16H2,1-8H3,(H,30,34)(H,31,36). The Labute approximate surface area is 220 Å². The van der Waals surface area contributed by atoms with E-state index in [-0.39, 0.29) is 11.7 Å². The number of hydrogen-bond acceptors (Lipinski definition) is 5. The smallest absolute Gasteiger partial charge is 0.408 e. The number of ether oxygens (including phenoxy) is 1. The van der Waals surface area contributed by atoms with E-state index in [1.807, 2.05) is 52.8 Å². The third kappa shape index (κ3) is 8.81. The predicted octanol–water partition coefficient (Wildman–Crippen LogP) is 5.56. The number of nitrogens with zero attached hydrogens (tertiary/aromatic N) is 1. The van der Waals surface area contributed by atoms with E-state index in [2.05, 4.69) is 10.6 Å². The monoisotopic (exact) mass is 511 g/mol. The van der Waals surface area contributed by atoms with Gasteiger partial charge in [0, 0.05) is 11.7 Å². The zero-order valence-electron chi connectivity index (χ0n) is 23.2. The summed E-state index contributed by atoms with van der Waals surface area (Å²) >= 11 is 0. The van der Waals surface area contributed by atoms with Gasteiger partial charge in [0.1, 0.15) is 23.4 Å². The first-order valence-corrected chi connectivity index (χ1v) is 12.7. The van der Waals surface area contributed by atoms with Gasteiger partial charge in [0.25, 0.3) is 5.91 Å². The highest BCUT2D eigenvalue weighted by Crippen LogP contribution is 2.29. The zero-order chi connectivity index (χ0) is 27.9. The quantitative estimate of drug-likeness (QED) is 0.409. The number of phenols is 1. The van der Waals surface area contributed by atoms with Crippen molar-refractivity contribution in [1.29, 1.82) is 0 Å². The average Bonchev–Trinajstić information content (AvgIpc) is 2.76. The summed E-state index contributed by atoms with van der Waals surface area (Å²) in [6.45, 7) is 14.7. The largest absolute Gasteiger partial charge is 0.508 e. The molecule has 0 saturated heterocycles. The summed E-state index contributed by atoms with van der Waals surface area (Å²) in [4.78, 5) is 41.9. The highest BCUT2D eigenvalue weighted by atomic mass is 16.6. The molecule has 2 aromatic rings. The maximum Gasteiger partial charge on any atom is 0.408 e. The first-order valence-electron chi connectivity index (χ1n) is 12.7. The second-order valence-corrected chi connectivity index (χ2v) is 11.0. The molecule has 3 N–H and O–H groups in total. The topological polar surface area (TPSA) is 108 Å². The van der Waals surface area contributed by atoms with E-state index in [9.17, 15) is 19.5 Å². The molecule has 2 rings (SSSR count). The summed E-state index contributed by atoms with van der Waals surface area (Å²) in [6, 6.07) is 11.3. The number of aromatic hydroxyl groups is 1. The number of aryl methyl sites for hydroxylation is 1. The van der Waals surface area contributed by atoms with Crippen LogP contribution in [0.5, 0.6) is 5.75 Å². The Morgan fingerprint density at radius 1 is 1.00 bits per heavy atom. The van der Waals surface area contributed by atoms with Gasteiger partial charge in [-0.3, -0.25) is 9.59 Å². The Morgan fingerprint density at radius 3 is 2.19 bits per heavy atom.